The highest BCUT2D eigenvalue weighted by atomic mass is 32.2. The fourth-order valence-corrected chi connectivity index (χ4v) is 1.61. The fraction of sp³-hybridized carbons (Fsp3) is 1.00. The minimum atomic E-state index is -2.98. The Morgan fingerprint density at radius 1 is 1.25 bits per heavy atom. The van der Waals surface area contributed by atoms with Gasteiger partial charge in [0.05, 0.1) is 5.75 Å². The van der Waals surface area contributed by atoms with Crippen molar-refractivity contribution in [3.8, 4) is 0 Å². The van der Waals surface area contributed by atoms with E-state index in [1.807, 2.05) is 6.92 Å². The Morgan fingerprint density at radius 2 is 1.92 bits per heavy atom. The molecule has 0 aliphatic rings. The van der Waals surface area contributed by atoms with E-state index in [1.54, 1.807) is 0 Å². The van der Waals surface area contributed by atoms with Gasteiger partial charge >= 0.3 is 0 Å². The number of nitrogens with one attached hydrogen (secondary N) is 2. The first-order valence-corrected chi connectivity index (χ1v) is 5.89. The molecule has 0 unspecified atom stereocenters. The van der Waals surface area contributed by atoms with Gasteiger partial charge in [-0.1, -0.05) is 6.92 Å². The van der Waals surface area contributed by atoms with Crippen molar-refractivity contribution in [3.05, 3.63) is 0 Å². The van der Waals surface area contributed by atoms with E-state index in [0.29, 0.717) is 0 Å². The molecule has 0 rings (SSSR count). The zero-order chi connectivity index (χ0) is 9.45. The van der Waals surface area contributed by atoms with Crippen molar-refractivity contribution >= 4 is 10.0 Å². The predicted molar refractivity (Wildman–Crippen MR) is 50.6 cm³/mol. The number of hydrogen-bond acceptors (Lipinski definition) is 3. The zero-order valence-electron chi connectivity index (χ0n) is 7.76. The van der Waals surface area contributed by atoms with Crippen molar-refractivity contribution in [1.29, 1.82) is 0 Å². The van der Waals surface area contributed by atoms with Gasteiger partial charge in [-0.15, -0.1) is 0 Å². The van der Waals surface area contributed by atoms with Gasteiger partial charge in [0.25, 0.3) is 0 Å². The second kappa shape index (κ2) is 6.39. The summed E-state index contributed by atoms with van der Waals surface area (Å²) in [4.78, 5) is 0. The summed E-state index contributed by atoms with van der Waals surface area (Å²) in [6.45, 7) is 3.87. The molecule has 0 aromatic rings. The van der Waals surface area contributed by atoms with Gasteiger partial charge in [-0.05, 0) is 33.0 Å². The van der Waals surface area contributed by atoms with Crippen molar-refractivity contribution in [2.75, 3.05) is 25.9 Å². The number of hydrogen-bond donors (Lipinski definition) is 2. The van der Waals surface area contributed by atoms with Crippen LogP contribution in [0.4, 0.5) is 0 Å². The van der Waals surface area contributed by atoms with Crippen LogP contribution in [0, 0.1) is 0 Å². The molecule has 5 heteroatoms. The predicted octanol–water partition coefficient (Wildman–Crippen LogP) is -0.0747. The number of unbranched alkanes of at least 4 members (excludes halogenated alkanes) is 1. The van der Waals surface area contributed by atoms with Crippen molar-refractivity contribution in [3.63, 3.8) is 0 Å². The van der Waals surface area contributed by atoms with E-state index in [0.717, 1.165) is 25.9 Å². The van der Waals surface area contributed by atoms with Gasteiger partial charge in [0.15, 0.2) is 0 Å². The average Bonchev–Trinajstić information content (AvgIpc) is 2.04. The first-order valence-electron chi connectivity index (χ1n) is 4.24. The van der Waals surface area contributed by atoms with Crippen LogP contribution in [-0.4, -0.2) is 34.3 Å². The standard InChI is InChI=1S/C7H18N2O2S/c1-3-9-6-4-5-7-12(10,11)8-2/h8-9H,3-7H2,1-2H3. The van der Waals surface area contributed by atoms with Crippen LogP contribution < -0.4 is 10.0 Å². The molecule has 0 aromatic carbocycles. The van der Waals surface area contributed by atoms with Gasteiger partial charge in [0, 0.05) is 0 Å². The van der Waals surface area contributed by atoms with Crippen molar-refractivity contribution in [1.82, 2.24) is 10.0 Å². The molecule has 2 N–H and O–H groups in total. The Bertz CT molecular complexity index is 190. The second-order valence-electron chi connectivity index (χ2n) is 2.58. The van der Waals surface area contributed by atoms with E-state index in [-0.39, 0.29) is 5.75 Å². The topological polar surface area (TPSA) is 58.2 Å². The molecular formula is C7H18N2O2S. The maximum atomic E-state index is 10.9. The zero-order valence-corrected chi connectivity index (χ0v) is 8.58. The molecule has 0 atom stereocenters. The molecule has 74 valence electrons. The third-order valence-corrected chi connectivity index (χ3v) is 3.03. The third kappa shape index (κ3) is 6.57. The van der Waals surface area contributed by atoms with Crippen LogP contribution in [0.15, 0.2) is 0 Å². The molecule has 0 fully saturated rings. The smallest absolute Gasteiger partial charge is 0.211 e. The van der Waals surface area contributed by atoms with Gasteiger partial charge in [0.2, 0.25) is 10.0 Å². The van der Waals surface area contributed by atoms with Crippen LogP contribution >= 0.6 is 0 Å². The average molecular weight is 194 g/mol. The molecule has 0 saturated heterocycles. The van der Waals surface area contributed by atoms with Crippen LogP contribution in [0.5, 0.6) is 0 Å². The van der Waals surface area contributed by atoms with Gasteiger partial charge in [0.1, 0.15) is 0 Å². The number of sulfonamides is 1. The van der Waals surface area contributed by atoms with E-state index in [9.17, 15) is 8.42 Å². The minimum Gasteiger partial charge on any atom is -0.317 e. The molecule has 0 heterocycles. The van der Waals surface area contributed by atoms with Crippen molar-refractivity contribution in [2.24, 2.45) is 0 Å². The summed E-state index contributed by atoms with van der Waals surface area (Å²) in [5.74, 6) is 0.231. The van der Waals surface area contributed by atoms with Gasteiger partial charge in [-0.2, -0.15) is 0 Å². The highest BCUT2D eigenvalue weighted by Crippen LogP contribution is 1.92. The Kier molecular flexibility index (Phi) is 6.32. The largest absolute Gasteiger partial charge is 0.317 e. The molecule has 4 nitrogen and oxygen atoms in total. The van der Waals surface area contributed by atoms with Gasteiger partial charge in [-0.3, -0.25) is 0 Å². The normalized spacial score (nSPS) is 11.8. The summed E-state index contributed by atoms with van der Waals surface area (Å²) in [5.41, 5.74) is 0. The van der Waals surface area contributed by atoms with E-state index in [1.165, 1.54) is 7.05 Å². The molecule has 0 amide bonds. The lowest BCUT2D eigenvalue weighted by Gasteiger charge is -2.02. The van der Waals surface area contributed by atoms with Crippen LogP contribution in [-0.2, 0) is 10.0 Å². The summed E-state index contributed by atoms with van der Waals surface area (Å²) in [5, 5.41) is 3.14. The molecule has 0 aliphatic heterocycles. The lowest BCUT2D eigenvalue weighted by molar-refractivity contribution is 0.580. The Balaban J connectivity index is 3.32. The van der Waals surface area contributed by atoms with Crippen molar-refractivity contribution in [2.45, 2.75) is 19.8 Å². The maximum Gasteiger partial charge on any atom is 0.211 e. The number of rotatable bonds is 7. The van der Waals surface area contributed by atoms with Gasteiger partial charge < -0.3 is 5.32 Å². The first kappa shape index (κ1) is 11.9. The highest BCUT2D eigenvalue weighted by Gasteiger charge is 2.04. The first-order chi connectivity index (χ1) is 5.62. The van der Waals surface area contributed by atoms with E-state index >= 15 is 0 Å². The monoisotopic (exact) mass is 194 g/mol. The van der Waals surface area contributed by atoms with E-state index < -0.39 is 10.0 Å². The molecule has 12 heavy (non-hydrogen) atoms. The molecule has 0 radical (unpaired) electrons. The molecule has 0 aromatic heterocycles. The molecule has 0 spiro atoms. The Hall–Kier alpha value is -0.130. The van der Waals surface area contributed by atoms with Crippen LogP contribution in [0.2, 0.25) is 0 Å². The van der Waals surface area contributed by atoms with Crippen LogP contribution in [0.25, 0.3) is 0 Å². The lowest BCUT2D eigenvalue weighted by Crippen LogP contribution is -2.23. The van der Waals surface area contributed by atoms with Crippen molar-refractivity contribution < 1.29 is 8.42 Å². The maximum absolute atomic E-state index is 10.9. The van der Waals surface area contributed by atoms with Crippen LogP contribution in [0.1, 0.15) is 19.8 Å². The quantitative estimate of drug-likeness (QED) is 0.558. The molecule has 0 saturated carbocycles. The Morgan fingerprint density at radius 3 is 2.42 bits per heavy atom. The van der Waals surface area contributed by atoms with Crippen LogP contribution in [0.3, 0.4) is 0 Å². The highest BCUT2D eigenvalue weighted by molar-refractivity contribution is 7.89. The van der Waals surface area contributed by atoms with Gasteiger partial charge in [-0.25, -0.2) is 13.1 Å². The summed E-state index contributed by atoms with van der Waals surface area (Å²) < 4.78 is 24.1. The summed E-state index contributed by atoms with van der Waals surface area (Å²) >= 11 is 0. The minimum absolute atomic E-state index is 0.231. The lowest BCUT2D eigenvalue weighted by atomic mass is 10.3. The molecule has 0 aliphatic carbocycles. The molecular weight excluding hydrogens is 176 g/mol. The summed E-state index contributed by atoms with van der Waals surface area (Å²) in [6, 6.07) is 0. The summed E-state index contributed by atoms with van der Waals surface area (Å²) in [6.07, 6.45) is 1.63. The third-order valence-electron chi connectivity index (χ3n) is 1.58. The fourth-order valence-electron chi connectivity index (χ4n) is 0.821. The van der Waals surface area contributed by atoms with E-state index in [4.69, 9.17) is 0 Å². The van der Waals surface area contributed by atoms with E-state index in [2.05, 4.69) is 10.0 Å². The SMILES string of the molecule is CCNCCCCS(=O)(=O)NC. The summed E-state index contributed by atoms with van der Waals surface area (Å²) in [7, 11) is -1.54. The Labute approximate surface area is 74.8 Å². The second-order valence-corrected chi connectivity index (χ2v) is 4.63. The molecule has 0 bridgehead atoms.